The van der Waals surface area contributed by atoms with E-state index in [2.05, 4.69) is 5.32 Å². The minimum absolute atomic E-state index is 0.0746. The molecule has 1 saturated heterocycles. The first-order valence-corrected chi connectivity index (χ1v) is 7.94. The highest BCUT2D eigenvalue weighted by molar-refractivity contribution is 5.77. The van der Waals surface area contributed by atoms with Gasteiger partial charge in [-0.2, -0.15) is 13.2 Å². The van der Waals surface area contributed by atoms with Crippen LogP contribution in [-0.2, 0) is 11.0 Å². The zero-order valence-electron chi connectivity index (χ0n) is 13.5. The first-order chi connectivity index (χ1) is 10.8. The van der Waals surface area contributed by atoms with Crippen LogP contribution in [0.3, 0.4) is 0 Å². The van der Waals surface area contributed by atoms with Crippen LogP contribution in [0.15, 0.2) is 24.3 Å². The van der Waals surface area contributed by atoms with Crippen molar-refractivity contribution >= 4 is 5.91 Å². The predicted octanol–water partition coefficient (Wildman–Crippen LogP) is 3.41. The summed E-state index contributed by atoms with van der Waals surface area (Å²) in [5, 5.41) is 3.16. The maximum Gasteiger partial charge on any atom is 0.416 e. The molecule has 0 aliphatic carbocycles. The largest absolute Gasteiger partial charge is 0.416 e. The Bertz CT molecular complexity index is 545. The van der Waals surface area contributed by atoms with Crippen molar-refractivity contribution in [3.8, 4) is 0 Å². The Morgan fingerprint density at radius 3 is 2.74 bits per heavy atom. The molecule has 1 aliphatic rings. The topological polar surface area (TPSA) is 32.3 Å². The monoisotopic (exact) mass is 328 g/mol. The third-order valence-electron chi connectivity index (χ3n) is 4.46. The minimum Gasteiger partial charge on any atom is -0.341 e. The molecule has 3 nitrogen and oxygen atoms in total. The summed E-state index contributed by atoms with van der Waals surface area (Å²) in [6.45, 7) is 3.00. The molecule has 1 aromatic carbocycles. The number of rotatable bonds is 4. The molecule has 23 heavy (non-hydrogen) atoms. The van der Waals surface area contributed by atoms with E-state index in [4.69, 9.17) is 0 Å². The van der Waals surface area contributed by atoms with Crippen LogP contribution in [-0.4, -0.2) is 37.0 Å². The first-order valence-electron chi connectivity index (χ1n) is 7.94. The van der Waals surface area contributed by atoms with E-state index in [-0.39, 0.29) is 23.9 Å². The second-order valence-electron chi connectivity index (χ2n) is 6.16. The number of hydrogen-bond donors (Lipinski definition) is 1. The van der Waals surface area contributed by atoms with Gasteiger partial charge in [0, 0.05) is 25.6 Å². The highest BCUT2D eigenvalue weighted by Crippen LogP contribution is 2.36. The molecule has 128 valence electrons. The van der Waals surface area contributed by atoms with E-state index in [1.807, 2.05) is 7.05 Å². The number of alkyl halides is 3. The van der Waals surface area contributed by atoms with E-state index in [0.717, 1.165) is 18.9 Å². The van der Waals surface area contributed by atoms with Gasteiger partial charge < -0.3 is 10.2 Å². The zero-order chi connectivity index (χ0) is 17.0. The molecule has 2 rings (SSSR count). The quantitative estimate of drug-likeness (QED) is 0.919. The molecular formula is C17H23F3N2O. The number of nitrogens with one attached hydrogen (secondary N) is 1. The normalized spacial score (nSPS) is 20.4. The Morgan fingerprint density at radius 1 is 1.39 bits per heavy atom. The third kappa shape index (κ3) is 4.47. The lowest BCUT2D eigenvalue weighted by atomic mass is 9.92. The van der Waals surface area contributed by atoms with Crippen LogP contribution >= 0.6 is 0 Å². The number of likely N-dealkylation sites (tertiary alicyclic amines) is 1. The summed E-state index contributed by atoms with van der Waals surface area (Å²) in [6, 6.07) is 5.78. The van der Waals surface area contributed by atoms with E-state index < -0.39 is 17.7 Å². The zero-order valence-corrected chi connectivity index (χ0v) is 13.5. The molecule has 6 heteroatoms. The van der Waals surface area contributed by atoms with Crippen LogP contribution in [0.25, 0.3) is 0 Å². The minimum atomic E-state index is -4.39. The molecule has 0 unspecified atom stereocenters. The van der Waals surface area contributed by atoms with Crippen molar-refractivity contribution in [3.05, 3.63) is 35.4 Å². The summed E-state index contributed by atoms with van der Waals surface area (Å²) in [5.41, 5.74) is -0.456. The molecule has 1 fully saturated rings. The first kappa shape index (κ1) is 17.8. The van der Waals surface area contributed by atoms with E-state index in [1.54, 1.807) is 17.9 Å². The lowest BCUT2D eigenvalue weighted by molar-refractivity contribution is -0.139. The standard InChI is InChI=1S/C17H23F3N2O/c1-12(14-7-3-4-8-15(14)17(18,19)20)10-16(23)22-9-5-6-13(11-22)21-2/h3-4,7-8,12-13,21H,5-6,9-11H2,1-2H3/t12-,13-/m1/s1. The SMILES string of the molecule is CN[C@@H]1CCCN(C(=O)C[C@@H](C)c2ccccc2C(F)(F)F)C1. The second kappa shape index (κ2) is 7.34. The molecule has 0 aromatic heterocycles. The molecule has 1 amide bonds. The smallest absolute Gasteiger partial charge is 0.341 e. The number of amides is 1. The molecule has 0 saturated carbocycles. The van der Waals surface area contributed by atoms with Gasteiger partial charge in [-0.15, -0.1) is 0 Å². The van der Waals surface area contributed by atoms with Crippen LogP contribution in [0.4, 0.5) is 13.2 Å². The average molecular weight is 328 g/mol. The van der Waals surface area contributed by atoms with Gasteiger partial charge in [-0.1, -0.05) is 25.1 Å². The Hall–Kier alpha value is -1.56. The van der Waals surface area contributed by atoms with Gasteiger partial charge in [-0.25, -0.2) is 0 Å². The van der Waals surface area contributed by atoms with Gasteiger partial charge in [0.25, 0.3) is 0 Å². The summed E-state index contributed by atoms with van der Waals surface area (Å²) in [5.74, 6) is -0.537. The van der Waals surface area contributed by atoms with Crippen LogP contribution < -0.4 is 5.32 Å². The Balaban J connectivity index is 2.07. The fraction of sp³-hybridized carbons (Fsp3) is 0.588. The molecule has 1 heterocycles. The summed E-state index contributed by atoms with van der Waals surface area (Å²) in [7, 11) is 1.86. The highest BCUT2D eigenvalue weighted by atomic mass is 19.4. The van der Waals surface area contributed by atoms with Gasteiger partial charge >= 0.3 is 6.18 Å². The number of piperidine rings is 1. The fourth-order valence-corrected chi connectivity index (χ4v) is 3.13. The van der Waals surface area contributed by atoms with Crippen molar-refractivity contribution in [1.82, 2.24) is 10.2 Å². The van der Waals surface area contributed by atoms with Crippen molar-refractivity contribution < 1.29 is 18.0 Å². The number of hydrogen-bond acceptors (Lipinski definition) is 2. The number of benzene rings is 1. The molecule has 0 spiro atoms. The van der Waals surface area contributed by atoms with Gasteiger partial charge in [0.2, 0.25) is 5.91 Å². The molecule has 2 atom stereocenters. The third-order valence-corrected chi connectivity index (χ3v) is 4.46. The number of likely N-dealkylation sites (N-methyl/N-ethyl adjacent to an activating group) is 1. The number of carbonyl (C=O) groups is 1. The number of nitrogens with zero attached hydrogens (tertiary/aromatic N) is 1. The molecule has 1 N–H and O–H groups in total. The Kier molecular flexibility index (Phi) is 5.68. The molecule has 0 bridgehead atoms. The van der Waals surface area contributed by atoms with Crippen molar-refractivity contribution in [2.24, 2.45) is 0 Å². The lowest BCUT2D eigenvalue weighted by Crippen LogP contribution is -2.47. The van der Waals surface area contributed by atoms with Gasteiger partial charge in [-0.05, 0) is 37.4 Å². The number of halogens is 3. The van der Waals surface area contributed by atoms with Crippen LogP contribution in [0, 0.1) is 0 Å². The van der Waals surface area contributed by atoms with Crippen molar-refractivity contribution in [2.75, 3.05) is 20.1 Å². The highest BCUT2D eigenvalue weighted by Gasteiger charge is 2.34. The van der Waals surface area contributed by atoms with Gasteiger partial charge in [-0.3, -0.25) is 4.79 Å². The van der Waals surface area contributed by atoms with Crippen LogP contribution in [0.2, 0.25) is 0 Å². The predicted molar refractivity (Wildman–Crippen MR) is 83.1 cm³/mol. The van der Waals surface area contributed by atoms with E-state index in [9.17, 15) is 18.0 Å². The summed E-state index contributed by atoms with van der Waals surface area (Å²) < 4.78 is 39.3. The van der Waals surface area contributed by atoms with Crippen LogP contribution in [0.1, 0.15) is 43.2 Å². The fourth-order valence-electron chi connectivity index (χ4n) is 3.13. The van der Waals surface area contributed by atoms with Crippen LogP contribution in [0.5, 0.6) is 0 Å². The summed E-state index contributed by atoms with van der Waals surface area (Å²) >= 11 is 0. The van der Waals surface area contributed by atoms with Crippen molar-refractivity contribution in [2.45, 2.75) is 44.3 Å². The van der Waals surface area contributed by atoms with Gasteiger partial charge in [0.15, 0.2) is 0 Å². The van der Waals surface area contributed by atoms with Crippen molar-refractivity contribution in [1.29, 1.82) is 0 Å². The van der Waals surface area contributed by atoms with Gasteiger partial charge in [0.1, 0.15) is 0 Å². The van der Waals surface area contributed by atoms with E-state index in [1.165, 1.54) is 12.1 Å². The second-order valence-corrected chi connectivity index (χ2v) is 6.16. The molecule has 0 radical (unpaired) electrons. The summed E-state index contributed by atoms with van der Waals surface area (Å²) in [6.07, 6.45) is -2.35. The lowest BCUT2D eigenvalue weighted by Gasteiger charge is -2.33. The number of carbonyl (C=O) groups excluding carboxylic acids is 1. The van der Waals surface area contributed by atoms with E-state index in [0.29, 0.717) is 13.1 Å². The molecular weight excluding hydrogens is 305 g/mol. The summed E-state index contributed by atoms with van der Waals surface area (Å²) in [4.78, 5) is 14.2. The Labute approximate surface area is 134 Å². The van der Waals surface area contributed by atoms with Crippen molar-refractivity contribution in [3.63, 3.8) is 0 Å². The molecule has 1 aromatic rings. The van der Waals surface area contributed by atoms with E-state index >= 15 is 0 Å². The maximum atomic E-state index is 13.1. The Morgan fingerprint density at radius 2 is 2.09 bits per heavy atom. The molecule has 1 aliphatic heterocycles. The average Bonchev–Trinajstić information content (AvgIpc) is 2.54. The van der Waals surface area contributed by atoms with Gasteiger partial charge in [0.05, 0.1) is 5.56 Å². The maximum absolute atomic E-state index is 13.1.